The average molecular weight is 396 g/mol. The second kappa shape index (κ2) is 8.89. The van der Waals surface area contributed by atoms with Gasteiger partial charge in [0.25, 0.3) is 0 Å². The van der Waals surface area contributed by atoms with Crippen LogP contribution in [-0.4, -0.2) is 71.4 Å². The van der Waals surface area contributed by atoms with E-state index >= 15 is 0 Å². The SMILES string of the molecule is CC(=O)N(C)CC(=O)N1CCN(c2cc(C)nc(Nc3ccc(C)cc3)n2)CC1. The molecule has 0 aliphatic carbocycles. The maximum Gasteiger partial charge on any atom is 0.242 e. The summed E-state index contributed by atoms with van der Waals surface area (Å²) in [5.74, 6) is 1.27. The molecule has 1 aliphatic rings. The zero-order valence-corrected chi connectivity index (χ0v) is 17.5. The van der Waals surface area contributed by atoms with Crippen molar-refractivity contribution in [3.63, 3.8) is 0 Å². The number of hydrogen-bond acceptors (Lipinski definition) is 6. The predicted molar refractivity (Wildman–Crippen MR) is 113 cm³/mol. The molecule has 1 aromatic heterocycles. The third-order valence-electron chi connectivity index (χ3n) is 5.01. The lowest BCUT2D eigenvalue weighted by Gasteiger charge is -2.36. The summed E-state index contributed by atoms with van der Waals surface area (Å²) in [4.78, 5) is 38.3. The Kier molecular flexibility index (Phi) is 6.31. The van der Waals surface area contributed by atoms with E-state index in [4.69, 9.17) is 0 Å². The monoisotopic (exact) mass is 396 g/mol. The number of amides is 2. The Labute approximate surface area is 171 Å². The molecule has 154 valence electrons. The van der Waals surface area contributed by atoms with Crippen molar-refractivity contribution in [2.24, 2.45) is 0 Å². The molecule has 8 heteroatoms. The lowest BCUT2D eigenvalue weighted by molar-refractivity contribution is -0.138. The first-order valence-corrected chi connectivity index (χ1v) is 9.75. The number of hydrogen-bond donors (Lipinski definition) is 1. The number of carbonyl (C=O) groups is 2. The minimum absolute atomic E-state index is 0.0251. The van der Waals surface area contributed by atoms with Crippen LogP contribution in [0.15, 0.2) is 30.3 Å². The Morgan fingerprint density at radius 2 is 1.72 bits per heavy atom. The van der Waals surface area contributed by atoms with Gasteiger partial charge >= 0.3 is 0 Å². The van der Waals surface area contributed by atoms with Crippen LogP contribution in [0.25, 0.3) is 0 Å². The van der Waals surface area contributed by atoms with Gasteiger partial charge in [0, 0.05) is 57.6 Å². The topological polar surface area (TPSA) is 81.7 Å². The highest BCUT2D eigenvalue weighted by Gasteiger charge is 2.23. The Bertz CT molecular complexity index is 875. The number of piperazine rings is 1. The molecule has 2 heterocycles. The van der Waals surface area contributed by atoms with Crippen molar-refractivity contribution < 1.29 is 9.59 Å². The van der Waals surface area contributed by atoms with Gasteiger partial charge in [0.1, 0.15) is 5.82 Å². The Hall–Kier alpha value is -3.16. The smallest absolute Gasteiger partial charge is 0.242 e. The minimum Gasteiger partial charge on any atom is -0.353 e. The fourth-order valence-corrected chi connectivity index (χ4v) is 3.13. The molecule has 1 saturated heterocycles. The summed E-state index contributed by atoms with van der Waals surface area (Å²) in [5, 5.41) is 3.26. The van der Waals surface area contributed by atoms with E-state index in [2.05, 4.69) is 20.2 Å². The third kappa shape index (κ3) is 5.43. The van der Waals surface area contributed by atoms with E-state index in [0.717, 1.165) is 17.2 Å². The summed E-state index contributed by atoms with van der Waals surface area (Å²) in [6.07, 6.45) is 0. The molecule has 2 amide bonds. The van der Waals surface area contributed by atoms with Gasteiger partial charge in [0.05, 0.1) is 6.54 Å². The van der Waals surface area contributed by atoms with Crippen LogP contribution < -0.4 is 10.2 Å². The van der Waals surface area contributed by atoms with Gasteiger partial charge in [-0.3, -0.25) is 9.59 Å². The van der Waals surface area contributed by atoms with E-state index in [1.54, 1.807) is 11.9 Å². The highest BCUT2D eigenvalue weighted by atomic mass is 16.2. The summed E-state index contributed by atoms with van der Waals surface area (Å²) in [7, 11) is 1.64. The van der Waals surface area contributed by atoms with E-state index in [1.807, 2.05) is 44.2 Å². The summed E-state index contributed by atoms with van der Waals surface area (Å²) in [5.41, 5.74) is 3.02. The van der Waals surface area contributed by atoms with E-state index in [1.165, 1.54) is 17.4 Å². The largest absolute Gasteiger partial charge is 0.353 e. The van der Waals surface area contributed by atoms with Crippen LogP contribution >= 0.6 is 0 Å². The van der Waals surface area contributed by atoms with Gasteiger partial charge in [-0.05, 0) is 26.0 Å². The lowest BCUT2D eigenvalue weighted by Crippen LogP contribution is -2.51. The molecule has 0 atom stereocenters. The molecular formula is C21H28N6O2. The molecule has 1 N–H and O–H groups in total. The number of aromatic nitrogens is 2. The fourth-order valence-electron chi connectivity index (χ4n) is 3.13. The van der Waals surface area contributed by atoms with Gasteiger partial charge in [0.2, 0.25) is 17.8 Å². The molecule has 0 unspecified atom stereocenters. The van der Waals surface area contributed by atoms with Crippen LogP contribution in [0.2, 0.25) is 0 Å². The molecule has 3 rings (SSSR count). The van der Waals surface area contributed by atoms with Gasteiger partial charge in [0.15, 0.2) is 0 Å². The highest BCUT2D eigenvalue weighted by Crippen LogP contribution is 2.20. The first kappa shape index (κ1) is 20.6. The summed E-state index contributed by atoms with van der Waals surface area (Å²) >= 11 is 0. The zero-order chi connectivity index (χ0) is 21.0. The zero-order valence-electron chi connectivity index (χ0n) is 17.5. The number of benzene rings is 1. The Morgan fingerprint density at radius 1 is 1.07 bits per heavy atom. The van der Waals surface area contributed by atoms with Crippen molar-refractivity contribution in [3.05, 3.63) is 41.6 Å². The number of nitrogens with zero attached hydrogens (tertiary/aromatic N) is 5. The van der Waals surface area contributed by atoms with Crippen molar-refractivity contribution in [2.75, 3.05) is 50.0 Å². The van der Waals surface area contributed by atoms with Gasteiger partial charge < -0.3 is 20.0 Å². The second-order valence-corrected chi connectivity index (χ2v) is 7.43. The van der Waals surface area contributed by atoms with Crippen LogP contribution in [0.4, 0.5) is 17.5 Å². The fraction of sp³-hybridized carbons (Fsp3) is 0.429. The third-order valence-corrected chi connectivity index (χ3v) is 5.01. The molecule has 2 aromatic rings. The number of carbonyl (C=O) groups excluding carboxylic acids is 2. The normalized spacial score (nSPS) is 13.9. The van der Waals surface area contributed by atoms with Crippen molar-refractivity contribution in [1.29, 1.82) is 0 Å². The van der Waals surface area contributed by atoms with Gasteiger partial charge in [-0.1, -0.05) is 17.7 Å². The first-order valence-electron chi connectivity index (χ1n) is 9.75. The summed E-state index contributed by atoms with van der Waals surface area (Å²) in [6.45, 7) is 8.17. The van der Waals surface area contributed by atoms with E-state index in [0.29, 0.717) is 32.1 Å². The summed E-state index contributed by atoms with van der Waals surface area (Å²) in [6, 6.07) is 10.0. The molecule has 1 aromatic carbocycles. The molecule has 29 heavy (non-hydrogen) atoms. The Balaban J connectivity index is 1.63. The second-order valence-electron chi connectivity index (χ2n) is 7.43. The maximum absolute atomic E-state index is 12.4. The van der Waals surface area contributed by atoms with Crippen molar-refractivity contribution in [3.8, 4) is 0 Å². The quantitative estimate of drug-likeness (QED) is 0.832. The number of nitrogens with one attached hydrogen (secondary N) is 1. The molecular weight excluding hydrogens is 368 g/mol. The maximum atomic E-state index is 12.4. The molecule has 8 nitrogen and oxygen atoms in total. The van der Waals surface area contributed by atoms with Gasteiger partial charge in [-0.25, -0.2) is 4.98 Å². The molecule has 1 aliphatic heterocycles. The first-order chi connectivity index (χ1) is 13.8. The Morgan fingerprint density at radius 3 is 2.34 bits per heavy atom. The van der Waals surface area contributed by atoms with Crippen molar-refractivity contribution >= 4 is 29.3 Å². The van der Waals surface area contributed by atoms with Crippen molar-refractivity contribution in [1.82, 2.24) is 19.8 Å². The predicted octanol–water partition coefficient (Wildman–Crippen LogP) is 1.96. The lowest BCUT2D eigenvalue weighted by atomic mass is 10.2. The molecule has 0 bridgehead atoms. The average Bonchev–Trinajstić information content (AvgIpc) is 2.69. The van der Waals surface area contributed by atoms with Gasteiger partial charge in [-0.2, -0.15) is 4.98 Å². The van der Waals surface area contributed by atoms with Crippen LogP contribution in [0.3, 0.4) is 0 Å². The van der Waals surface area contributed by atoms with Gasteiger partial charge in [-0.15, -0.1) is 0 Å². The van der Waals surface area contributed by atoms with Crippen LogP contribution in [-0.2, 0) is 9.59 Å². The van der Waals surface area contributed by atoms with E-state index in [9.17, 15) is 9.59 Å². The van der Waals surface area contributed by atoms with E-state index < -0.39 is 0 Å². The molecule has 0 saturated carbocycles. The molecule has 1 fully saturated rings. The van der Waals surface area contributed by atoms with Crippen LogP contribution in [0.1, 0.15) is 18.2 Å². The number of rotatable bonds is 5. The summed E-state index contributed by atoms with van der Waals surface area (Å²) < 4.78 is 0. The van der Waals surface area contributed by atoms with Crippen molar-refractivity contribution in [2.45, 2.75) is 20.8 Å². The number of anilines is 3. The van der Waals surface area contributed by atoms with Crippen LogP contribution in [0, 0.1) is 13.8 Å². The minimum atomic E-state index is -0.109. The standard InChI is InChI=1S/C21H28N6O2/c1-15-5-7-18(8-6-15)23-21-22-16(2)13-19(24-21)26-9-11-27(12-10-26)20(29)14-25(4)17(3)28/h5-8,13H,9-12,14H2,1-4H3,(H,22,23,24). The molecule has 0 spiro atoms. The van der Waals surface area contributed by atoms with E-state index in [-0.39, 0.29) is 18.4 Å². The number of likely N-dealkylation sites (N-methyl/N-ethyl adjacent to an activating group) is 1. The van der Waals surface area contributed by atoms with Crippen LogP contribution in [0.5, 0.6) is 0 Å². The molecule has 0 radical (unpaired) electrons. The highest BCUT2D eigenvalue weighted by molar-refractivity contribution is 5.83. The number of aryl methyl sites for hydroxylation is 2.